The quantitative estimate of drug-likeness (QED) is 0.245. The molecule has 0 unspecified atom stereocenters. The summed E-state index contributed by atoms with van der Waals surface area (Å²) in [6.45, 7) is 2.52. The molecule has 0 aliphatic carbocycles. The highest BCUT2D eigenvalue weighted by Gasteiger charge is 2.09. The topological polar surface area (TPSA) is 50.7 Å². The Morgan fingerprint density at radius 1 is 1.00 bits per heavy atom. The predicted octanol–water partition coefficient (Wildman–Crippen LogP) is 6.70. The van der Waals surface area contributed by atoms with E-state index in [2.05, 4.69) is 49.3 Å². The first-order valence-corrected chi connectivity index (χ1v) is 11.7. The van der Waals surface area contributed by atoms with Crippen molar-refractivity contribution in [2.45, 2.75) is 26.4 Å². The van der Waals surface area contributed by atoms with Gasteiger partial charge in [-0.15, -0.1) is 0 Å². The van der Waals surface area contributed by atoms with E-state index in [9.17, 15) is 4.79 Å². The standard InChI is InChI=1S/C24H21Br2ClN2O2/c1-2-16-3-5-17(6-4-16)13-23(30)29-28-14-19-11-21(25)24(22(26)12-19)31-15-18-7-9-20(27)10-8-18/h3-12,14H,2,13,15H2,1H3,(H,29,30)/b28-14+. The Morgan fingerprint density at radius 2 is 1.58 bits per heavy atom. The number of aryl methyl sites for hydroxylation is 1. The lowest BCUT2D eigenvalue weighted by Crippen LogP contribution is -2.19. The summed E-state index contributed by atoms with van der Waals surface area (Å²) in [5.41, 5.74) is 6.60. The molecule has 0 aliphatic rings. The highest BCUT2D eigenvalue weighted by atomic mass is 79.9. The highest BCUT2D eigenvalue weighted by molar-refractivity contribution is 9.11. The molecule has 0 bridgehead atoms. The van der Waals surface area contributed by atoms with Crippen molar-refractivity contribution in [2.75, 3.05) is 0 Å². The van der Waals surface area contributed by atoms with Gasteiger partial charge in [-0.05, 0) is 84.8 Å². The molecule has 4 nitrogen and oxygen atoms in total. The average Bonchev–Trinajstić information content (AvgIpc) is 2.75. The monoisotopic (exact) mass is 562 g/mol. The van der Waals surface area contributed by atoms with Crippen LogP contribution in [0.2, 0.25) is 5.02 Å². The Kier molecular flexibility index (Phi) is 8.69. The van der Waals surface area contributed by atoms with Gasteiger partial charge in [0.05, 0.1) is 21.6 Å². The molecule has 0 aromatic heterocycles. The Balaban J connectivity index is 1.56. The van der Waals surface area contributed by atoms with Crippen molar-refractivity contribution >= 4 is 55.6 Å². The third-order valence-electron chi connectivity index (χ3n) is 4.52. The third kappa shape index (κ3) is 7.20. The number of carbonyl (C=O) groups is 1. The smallest absolute Gasteiger partial charge is 0.244 e. The van der Waals surface area contributed by atoms with Crippen LogP contribution < -0.4 is 10.2 Å². The number of benzene rings is 3. The second-order valence-electron chi connectivity index (χ2n) is 6.87. The zero-order valence-corrected chi connectivity index (χ0v) is 20.8. The fourth-order valence-electron chi connectivity index (χ4n) is 2.82. The van der Waals surface area contributed by atoms with Crippen LogP contribution >= 0.6 is 43.5 Å². The first kappa shape index (κ1) is 23.5. The van der Waals surface area contributed by atoms with Gasteiger partial charge in [-0.2, -0.15) is 5.10 Å². The zero-order valence-electron chi connectivity index (χ0n) is 16.9. The van der Waals surface area contributed by atoms with E-state index in [0.717, 1.165) is 32.1 Å². The summed E-state index contributed by atoms with van der Waals surface area (Å²) in [7, 11) is 0. The zero-order chi connectivity index (χ0) is 22.2. The lowest BCUT2D eigenvalue weighted by Gasteiger charge is -2.11. The van der Waals surface area contributed by atoms with Crippen LogP contribution in [0.5, 0.6) is 5.75 Å². The van der Waals surface area contributed by atoms with Crippen molar-refractivity contribution in [3.05, 3.63) is 96.9 Å². The van der Waals surface area contributed by atoms with Gasteiger partial charge in [0.15, 0.2) is 0 Å². The fourth-order valence-corrected chi connectivity index (χ4v) is 4.40. The minimum atomic E-state index is -0.165. The number of carbonyl (C=O) groups excluding carboxylic acids is 1. The SMILES string of the molecule is CCc1ccc(CC(=O)N/N=C/c2cc(Br)c(OCc3ccc(Cl)cc3)c(Br)c2)cc1. The number of rotatable bonds is 8. The molecule has 1 amide bonds. The van der Waals surface area contributed by atoms with E-state index >= 15 is 0 Å². The summed E-state index contributed by atoms with van der Waals surface area (Å²) >= 11 is 13.0. The van der Waals surface area contributed by atoms with E-state index in [1.807, 2.05) is 60.7 Å². The van der Waals surface area contributed by atoms with Gasteiger partial charge in [-0.25, -0.2) is 5.43 Å². The number of amides is 1. The van der Waals surface area contributed by atoms with Crippen LogP contribution in [0.1, 0.15) is 29.2 Å². The molecule has 0 heterocycles. The molecular weight excluding hydrogens is 544 g/mol. The second kappa shape index (κ2) is 11.5. The minimum absolute atomic E-state index is 0.165. The molecule has 0 atom stereocenters. The largest absolute Gasteiger partial charge is 0.487 e. The van der Waals surface area contributed by atoms with Crippen LogP contribution in [0.25, 0.3) is 0 Å². The first-order valence-electron chi connectivity index (χ1n) is 9.70. The lowest BCUT2D eigenvalue weighted by atomic mass is 10.1. The van der Waals surface area contributed by atoms with Crippen molar-refractivity contribution in [1.29, 1.82) is 0 Å². The van der Waals surface area contributed by atoms with Crippen LogP contribution in [-0.4, -0.2) is 12.1 Å². The normalized spacial score (nSPS) is 11.0. The maximum absolute atomic E-state index is 12.1. The molecule has 0 spiro atoms. The fraction of sp³-hybridized carbons (Fsp3) is 0.167. The van der Waals surface area contributed by atoms with Crippen molar-refractivity contribution in [3.8, 4) is 5.75 Å². The molecule has 3 rings (SSSR count). The van der Waals surface area contributed by atoms with Crippen molar-refractivity contribution in [3.63, 3.8) is 0 Å². The summed E-state index contributed by atoms with van der Waals surface area (Å²) in [6, 6.07) is 19.3. The lowest BCUT2D eigenvalue weighted by molar-refractivity contribution is -0.120. The molecule has 0 radical (unpaired) electrons. The van der Waals surface area contributed by atoms with Crippen LogP contribution in [0.4, 0.5) is 0 Å². The van der Waals surface area contributed by atoms with E-state index in [-0.39, 0.29) is 12.3 Å². The molecule has 160 valence electrons. The van der Waals surface area contributed by atoms with Gasteiger partial charge in [0.1, 0.15) is 12.4 Å². The van der Waals surface area contributed by atoms with Crippen LogP contribution in [0, 0.1) is 0 Å². The van der Waals surface area contributed by atoms with Crippen LogP contribution in [0.15, 0.2) is 74.7 Å². The van der Waals surface area contributed by atoms with E-state index in [4.69, 9.17) is 16.3 Å². The van der Waals surface area contributed by atoms with Gasteiger partial charge >= 0.3 is 0 Å². The number of nitrogens with zero attached hydrogens (tertiary/aromatic N) is 1. The number of halogens is 3. The number of ether oxygens (including phenoxy) is 1. The number of hydrazone groups is 1. The molecule has 0 saturated heterocycles. The summed E-state index contributed by atoms with van der Waals surface area (Å²) in [4.78, 5) is 12.1. The van der Waals surface area contributed by atoms with E-state index in [0.29, 0.717) is 17.4 Å². The predicted molar refractivity (Wildman–Crippen MR) is 133 cm³/mol. The Morgan fingerprint density at radius 3 is 2.19 bits per heavy atom. The van der Waals surface area contributed by atoms with Gasteiger partial charge < -0.3 is 4.74 Å². The van der Waals surface area contributed by atoms with Gasteiger partial charge in [0.2, 0.25) is 5.91 Å². The third-order valence-corrected chi connectivity index (χ3v) is 5.95. The highest BCUT2D eigenvalue weighted by Crippen LogP contribution is 2.35. The molecule has 1 N–H and O–H groups in total. The van der Waals surface area contributed by atoms with Crippen LogP contribution in [0.3, 0.4) is 0 Å². The van der Waals surface area contributed by atoms with E-state index in [1.54, 1.807) is 6.21 Å². The van der Waals surface area contributed by atoms with Gasteiger partial charge in [0, 0.05) is 5.02 Å². The Labute approximate surface area is 203 Å². The van der Waals surface area contributed by atoms with Crippen molar-refractivity contribution in [2.24, 2.45) is 5.10 Å². The van der Waals surface area contributed by atoms with Crippen molar-refractivity contribution in [1.82, 2.24) is 5.43 Å². The molecule has 3 aromatic rings. The molecule has 31 heavy (non-hydrogen) atoms. The molecule has 0 saturated carbocycles. The summed E-state index contributed by atoms with van der Waals surface area (Å²) in [5, 5.41) is 4.76. The van der Waals surface area contributed by atoms with Crippen molar-refractivity contribution < 1.29 is 9.53 Å². The summed E-state index contributed by atoms with van der Waals surface area (Å²) in [5.74, 6) is 0.521. The van der Waals surface area contributed by atoms with E-state index < -0.39 is 0 Å². The maximum atomic E-state index is 12.1. The summed E-state index contributed by atoms with van der Waals surface area (Å²) in [6.07, 6.45) is 2.86. The summed E-state index contributed by atoms with van der Waals surface area (Å²) < 4.78 is 7.48. The second-order valence-corrected chi connectivity index (χ2v) is 9.01. The van der Waals surface area contributed by atoms with Crippen LogP contribution in [-0.2, 0) is 24.2 Å². The number of hydrogen-bond donors (Lipinski definition) is 1. The Bertz CT molecular complexity index is 1040. The molecule has 0 aliphatic heterocycles. The minimum Gasteiger partial charge on any atom is -0.487 e. The molecule has 0 fully saturated rings. The molecule has 3 aromatic carbocycles. The van der Waals surface area contributed by atoms with Gasteiger partial charge in [0.25, 0.3) is 0 Å². The van der Waals surface area contributed by atoms with Gasteiger partial charge in [-0.1, -0.05) is 54.9 Å². The molecular formula is C24H21Br2ClN2O2. The molecule has 7 heteroatoms. The average molecular weight is 565 g/mol. The maximum Gasteiger partial charge on any atom is 0.244 e. The Hall–Kier alpha value is -2.15. The van der Waals surface area contributed by atoms with E-state index in [1.165, 1.54) is 5.56 Å². The number of hydrogen-bond acceptors (Lipinski definition) is 3. The first-order chi connectivity index (χ1) is 14.9. The van der Waals surface area contributed by atoms with Gasteiger partial charge in [-0.3, -0.25) is 4.79 Å². The number of nitrogens with one attached hydrogen (secondary N) is 1.